The van der Waals surface area contributed by atoms with Crippen molar-refractivity contribution in [1.82, 2.24) is 5.32 Å². The molecule has 88 valence electrons. The Bertz CT molecular complexity index is 355. The molecule has 0 aliphatic rings. The topological polar surface area (TPSA) is 38.3 Å². The fourth-order valence-electron chi connectivity index (χ4n) is 1.41. The van der Waals surface area contributed by atoms with E-state index < -0.39 is 0 Å². The molecule has 1 rings (SSSR count). The number of esters is 1. The maximum absolute atomic E-state index is 11.3. The van der Waals surface area contributed by atoms with Crippen LogP contribution in [0.4, 0.5) is 0 Å². The van der Waals surface area contributed by atoms with Gasteiger partial charge in [-0.1, -0.05) is 36.7 Å². The van der Waals surface area contributed by atoms with Crippen molar-refractivity contribution in [2.45, 2.75) is 25.9 Å². The van der Waals surface area contributed by atoms with Gasteiger partial charge in [-0.15, -0.1) is 0 Å². The summed E-state index contributed by atoms with van der Waals surface area (Å²) in [7, 11) is 1.39. The number of carbonyl (C=O) groups excluding carboxylic acids is 1. The maximum atomic E-state index is 11.3. The number of benzene rings is 1. The van der Waals surface area contributed by atoms with Gasteiger partial charge in [-0.25, -0.2) is 0 Å². The quantitative estimate of drug-likeness (QED) is 0.805. The average molecular weight is 242 g/mol. The highest BCUT2D eigenvalue weighted by atomic mass is 35.5. The molecule has 3 nitrogen and oxygen atoms in total. The first-order valence-electron chi connectivity index (χ1n) is 5.23. The minimum atomic E-state index is -0.277. The molecule has 0 heterocycles. The number of ether oxygens (including phenoxy) is 1. The van der Waals surface area contributed by atoms with Crippen LogP contribution in [0.15, 0.2) is 24.3 Å². The molecule has 1 atom stereocenters. The second-order valence-electron chi connectivity index (χ2n) is 3.46. The zero-order valence-electron chi connectivity index (χ0n) is 9.50. The minimum absolute atomic E-state index is 0.241. The van der Waals surface area contributed by atoms with Gasteiger partial charge in [0.1, 0.15) is 6.04 Å². The number of methoxy groups -OCH3 is 1. The highest BCUT2D eigenvalue weighted by Gasteiger charge is 2.15. The smallest absolute Gasteiger partial charge is 0.322 e. The van der Waals surface area contributed by atoms with Crippen LogP contribution in [0.1, 0.15) is 18.9 Å². The van der Waals surface area contributed by atoms with Gasteiger partial charge in [0, 0.05) is 11.6 Å². The van der Waals surface area contributed by atoms with E-state index in [1.54, 1.807) is 0 Å². The van der Waals surface area contributed by atoms with E-state index >= 15 is 0 Å². The van der Waals surface area contributed by atoms with Gasteiger partial charge in [-0.2, -0.15) is 0 Å². The molecule has 1 N–H and O–H groups in total. The number of hydrogen-bond acceptors (Lipinski definition) is 3. The second-order valence-corrected chi connectivity index (χ2v) is 3.86. The Morgan fingerprint density at radius 2 is 2.19 bits per heavy atom. The molecule has 0 amide bonds. The molecule has 1 aromatic carbocycles. The van der Waals surface area contributed by atoms with Crippen LogP contribution in [0, 0.1) is 0 Å². The third kappa shape index (κ3) is 3.51. The Morgan fingerprint density at radius 3 is 2.75 bits per heavy atom. The first kappa shape index (κ1) is 13.0. The molecule has 0 spiro atoms. The Balaban J connectivity index is 2.56. The van der Waals surface area contributed by atoms with Crippen LogP contribution in [0.5, 0.6) is 0 Å². The van der Waals surface area contributed by atoms with Gasteiger partial charge >= 0.3 is 5.97 Å². The van der Waals surface area contributed by atoms with Crippen LogP contribution in [0.25, 0.3) is 0 Å². The Kier molecular flexibility index (Phi) is 5.29. The highest BCUT2D eigenvalue weighted by molar-refractivity contribution is 6.31. The van der Waals surface area contributed by atoms with E-state index in [4.69, 9.17) is 11.6 Å². The van der Waals surface area contributed by atoms with Gasteiger partial charge in [0.05, 0.1) is 7.11 Å². The van der Waals surface area contributed by atoms with Crippen molar-refractivity contribution < 1.29 is 9.53 Å². The van der Waals surface area contributed by atoms with Gasteiger partial charge in [-0.05, 0) is 18.1 Å². The molecule has 0 aromatic heterocycles. The van der Waals surface area contributed by atoms with Crippen LogP contribution >= 0.6 is 11.6 Å². The summed E-state index contributed by atoms with van der Waals surface area (Å²) in [5.41, 5.74) is 0.978. The van der Waals surface area contributed by atoms with Gasteiger partial charge in [0.25, 0.3) is 0 Å². The van der Waals surface area contributed by atoms with E-state index in [1.807, 2.05) is 31.2 Å². The Morgan fingerprint density at radius 1 is 1.50 bits per heavy atom. The molecule has 0 saturated heterocycles. The molecule has 4 heteroatoms. The largest absolute Gasteiger partial charge is 0.468 e. The number of halogens is 1. The molecule has 0 aliphatic carbocycles. The Hall–Kier alpha value is -1.06. The summed E-state index contributed by atoms with van der Waals surface area (Å²) in [6.45, 7) is 2.49. The average Bonchev–Trinajstić information content (AvgIpc) is 2.31. The van der Waals surface area contributed by atoms with Crippen molar-refractivity contribution in [1.29, 1.82) is 0 Å². The van der Waals surface area contributed by atoms with Gasteiger partial charge in [-0.3, -0.25) is 4.79 Å². The van der Waals surface area contributed by atoms with Crippen molar-refractivity contribution in [3.05, 3.63) is 34.9 Å². The second kappa shape index (κ2) is 6.51. The third-order valence-electron chi connectivity index (χ3n) is 2.39. The lowest BCUT2D eigenvalue weighted by atomic mass is 10.2. The summed E-state index contributed by atoms with van der Waals surface area (Å²) in [4.78, 5) is 11.3. The summed E-state index contributed by atoms with van der Waals surface area (Å²) in [6, 6.07) is 7.28. The lowest BCUT2D eigenvalue weighted by molar-refractivity contribution is -0.143. The van der Waals surface area contributed by atoms with Crippen molar-refractivity contribution in [3.63, 3.8) is 0 Å². The van der Waals surface area contributed by atoms with Crippen molar-refractivity contribution in [2.75, 3.05) is 7.11 Å². The summed E-state index contributed by atoms with van der Waals surface area (Å²) >= 11 is 6.01. The Labute approximate surface area is 101 Å². The fourth-order valence-corrected chi connectivity index (χ4v) is 1.61. The summed E-state index contributed by atoms with van der Waals surface area (Å²) in [5.74, 6) is -0.241. The van der Waals surface area contributed by atoms with E-state index in [2.05, 4.69) is 10.1 Å². The van der Waals surface area contributed by atoms with E-state index in [0.29, 0.717) is 18.0 Å². The summed E-state index contributed by atoms with van der Waals surface area (Å²) in [5, 5.41) is 3.82. The van der Waals surface area contributed by atoms with Gasteiger partial charge in [0.2, 0.25) is 0 Å². The summed E-state index contributed by atoms with van der Waals surface area (Å²) < 4.78 is 4.69. The number of rotatable bonds is 5. The number of hydrogen-bond donors (Lipinski definition) is 1. The normalized spacial score (nSPS) is 12.2. The lowest BCUT2D eigenvalue weighted by Gasteiger charge is -2.14. The predicted octanol–water partition coefficient (Wildman–Crippen LogP) is 2.38. The molecule has 0 aliphatic heterocycles. The predicted molar refractivity (Wildman–Crippen MR) is 64.4 cm³/mol. The molecule has 1 aromatic rings. The van der Waals surface area contributed by atoms with Crippen LogP contribution in [0.2, 0.25) is 5.02 Å². The van der Waals surface area contributed by atoms with Crippen molar-refractivity contribution >= 4 is 17.6 Å². The van der Waals surface area contributed by atoms with E-state index in [-0.39, 0.29) is 12.0 Å². The first-order valence-corrected chi connectivity index (χ1v) is 5.61. The molecule has 16 heavy (non-hydrogen) atoms. The van der Waals surface area contributed by atoms with Crippen LogP contribution < -0.4 is 5.32 Å². The minimum Gasteiger partial charge on any atom is -0.468 e. The zero-order valence-corrected chi connectivity index (χ0v) is 10.3. The van der Waals surface area contributed by atoms with Crippen LogP contribution in [-0.4, -0.2) is 19.1 Å². The fraction of sp³-hybridized carbons (Fsp3) is 0.417. The van der Waals surface area contributed by atoms with Crippen molar-refractivity contribution in [2.24, 2.45) is 0 Å². The standard InChI is InChI=1S/C12H16ClNO2/c1-3-11(12(15)16-2)14-8-9-6-4-5-7-10(9)13/h4-7,11,14H,3,8H2,1-2H3. The third-order valence-corrected chi connectivity index (χ3v) is 2.76. The maximum Gasteiger partial charge on any atom is 0.322 e. The van der Waals surface area contributed by atoms with Gasteiger partial charge < -0.3 is 10.1 Å². The van der Waals surface area contributed by atoms with Gasteiger partial charge in [0.15, 0.2) is 0 Å². The lowest BCUT2D eigenvalue weighted by Crippen LogP contribution is -2.36. The van der Waals surface area contributed by atoms with E-state index in [0.717, 1.165) is 5.56 Å². The van der Waals surface area contributed by atoms with Crippen LogP contribution in [0.3, 0.4) is 0 Å². The first-order chi connectivity index (χ1) is 7.69. The molecule has 0 fully saturated rings. The molecular formula is C12H16ClNO2. The monoisotopic (exact) mass is 241 g/mol. The van der Waals surface area contributed by atoms with E-state index in [9.17, 15) is 4.79 Å². The molecule has 0 radical (unpaired) electrons. The van der Waals surface area contributed by atoms with E-state index in [1.165, 1.54) is 7.11 Å². The molecule has 1 unspecified atom stereocenters. The molecule has 0 bridgehead atoms. The highest BCUT2D eigenvalue weighted by Crippen LogP contribution is 2.14. The molecular weight excluding hydrogens is 226 g/mol. The number of nitrogens with one attached hydrogen (secondary N) is 1. The molecule has 0 saturated carbocycles. The SMILES string of the molecule is CCC(NCc1ccccc1Cl)C(=O)OC. The van der Waals surface area contributed by atoms with Crippen molar-refractivity contribution in [3.8, 4) is 0 Å². The summed E-state index contributed by atoms with van der Waals surface area (Å²) in [6.07, 6.45) is 0.692. The van der Waals surface area contributed by atoms with Crippen LogP contribution in [-0.2, 0) is 16.1 Å². The number of carbonyl (C=O) groups is 1. The zero-order chi connectivity index (χ0) is 12.0.